The number of phenolic OH excluding ortho intramolecular Hbond substituents is 1. The molecule has 0 aliphatic rings. The van der Waals surface area contributed by atoms with Crippen LogP contribution in [0.25, 0.3) is 0 Å². The molecule has 1 amide bonds. The molecule has 0 spiro atoms. The topological polar surface area (TPSA) is 61.4 Å². The number of thioether (sulfide) groups is 1. The maximum absolute atomic E-state index is 11.4. The highest BCUT2D eigenvalue weighted by molar-refractivity contribution is 8.00. The van der Waals surface area contributed by atoms with Crippen molar-refractivity contribution in [2.24, 2.45) is 0 Å². The summed E-state index contributed by atoms with van der Waals surface area (Å²) in [7, 11) is 0. The van der Waals surface area contributed by atoms with Crippen LogP contribution in [0.5, 0.6) is 5.75 Å². The fraction of sp³-hybridized carbons (Fsp3) is 0.417. The molecular weight excluding hydrogens is 236 g/mol. The van der Waals surface area contributed by atoms with E-state index in [1.165, 1.54) is 11.8 Å². The number of carbonyl (C=O) groups is 1. The molecule has 3 N–H and O–H groups in total. The molecule has 0 atom stereocenters. The molecule has 0 fully saturated rings. The van der Waals surface area contributed by atoms with Crippen molar-refractivity contribution in [2.75, 3.05) is 25.4 Å². The van der Waals surface area contributed by atoms with E-state index in [4.69, 9.17) is 5.11 Å². The van der Waals surface area contributed by atoms with E-state index in [1.54, 1.807) is 24.3 Å². The van der Waals surface area contributed by atoms with Crippen LogP contribution in [0.15, 0.2) is 29.2 Å². The molecule has 17 heavy (non-hydrogen) atoms. The van der Waals surface area contributed by atoms with Gasteiger partial charge in [-0.15, -0.1) is 11.8 Å². The highest BCUT2D eigenvalue weighted by atomic mass is 32.2. The summed E-state index contributed by atoms with van der Waals surface area (Å²) >= 11 is 1.46. The van der Waals surface area contributed by atoms with Crippen molar-refractivity contribution in [3.05, 3.63) is 24.3 Å². The van der Waals surface area contributed by atoms with Crippen LogP contribution >= 0.6 is 11.8 Å². The van der Waals surface area contributed by atoms with Crippen molar-refractivity contribution in [1.82, 2.24) is 10.6 Å². The molecule has 0 aromatic heterocycles. The van der Waals surface area contributed by atoms with E-state index in [-0.39, 0.29) is 11.7 Å². The number of hydrogen-bond acceptors (Lipinski definition) is 4. The molecule has 0 aliphatic heterocycles. The molecule has 0 saturated carbocycles. The van der Waals surface area contributed by atoms with E-state index in [0.717, 1.165) is 18.0 Å². The normalized spacial score (nSPS) is 10.2. The minimum Gasteiger partial charge on any atom is -0.508 e. The second kappa shape index (κ2) is 7.97. The summed E-state index contributed by atoms with van der Waals surface area (Å²) in [6, 6.07) is 6.83. The Morgan fingerprint density at radius 3 is 2.65 bits per heavy atom. The summed E-state index contributed by atoms with van der Waals surface area (Å²) in [5, 5.41) is 15.1. The van der Waals surface area contributed by atoms with Gasteiger partial charge >= 0.3 is 0 Å². The predicted octanol–water partition coefficient (Wildman–Crippen LogP) is 1.21. The van der Waals surface area contributed by atoms with Crippen molar-refractivity contribution in [3.63, 3.8) is 0 Å². The van der Waals surface area contributed by atoms with Crippen LogP contribution < -0.4 is 10.6 Å². The Morgan fingerprint density at radius 1 is 1.29 bits per heavy atom. The van der Waals surface area contributed by atoms with Crippen LogP contribution in [0, 0.1) is 0 Å². The molecule has 1 aromatic carbocycles. The van der Waals surface area contributed by atoms with Crippen LogP contribution in [-0.2, 0) is 4.79 Å². The second-order valence-electron chi connectivity index (χ2n) is 3.49. The summed E-state index contributed by atoms with van der Waals surface area (Å²) in [6.07, 6.45) is 0. The monoisotopic (exact) mass is 254 g/mol. The zero-order valence-electron chi connectivity index (χ0n) is 9.90. The van der Waals surface area contributed by atoms with E-state index < -0.39 is 0 Å². The average molecular weight is 254 g/mol. The van der Waals surface area contributed by atoms with Gasteiger partial charge in [0.05, 0.1) is 5.75 Å². The van der Waals surface area contributed by atoms with Crippen LogP contribution in [0.4, 0.5) is 0 Å². The number of nitrogens with one attached hydrogen (secondary N) is 2. The third kappa shape index (κ3) is 6.19. The summed E-state index contributed by atoms with van der Waals surface area (Å²) in [5.41, 5.74) is 0. The van der Waals surface area contributed by atoms with E-state index in [2.05, 4.69) is 10.6 Å². The molecule has 0 unspecified atom stereocenters. The van der Waals surface area contributed by atoms with Gasteiger partial charge in [0.25, 0.3) is 0 Å². The van der Waals surface area contributed by atoms with E-state index in [0.29, 0.717) is 12.3 Å². The maximum Gasteiger partial charge on any atom is 0.230 e. The van der Waals surface area contributed by atoms with Gasteiger partial charge in [-0.05, 0) is 30.8 Å². The lowest BCUT2D eigenvalue weighted by atomic mass is 10.3. The number of hydrogen-bond donors (Lipinski definition) is 3. The minimum absolute atomic E-state index is 0.0287. The summed E-state index contributed by atoms with van der Waals surface area (Å²) in [4.78, 5) is 12.4. The van der Waals surface area contributed by atoms with Crippen molar-refractivity contribution < 1.29 is 9.90 Å². The highest BCUT2D eigenvalue weighted by Gasteiger charge is 2.01. The molecule has 5 heteroatoms. The number of aromatic hydroxyl groups is 1. The van der Waals surface area contributed by atoms with Gasteiger partial charge in [0.2, 0.25) is 5.91 Å². The average Bonchev–Trinajstić information content (AvgIpc) is 2.34. The first-order valence-corrected chi connectivity index (χ1v) is 6.60. The Labute approximate surface area is 106 Å². The minimum atomic E-state index is 0.0287. The van der Waals surface area contributed by atoms with Crippen molar-refractivity contribution >= 4 is 17.7 Å². The van der Waals surface area contributed by atoms with E-state index in [1.807, 2.05) is 6.92 Å². The SMILES string of the molecule is CCNCCNC(=O)CSc1ccc(O)cc1. The summed E-state index contributed by atoms with van der Waals surface area (Å²) < 4.78 is 0. The molecule has 0 radical (unpaired) electrons. The molecule has 0 heterocycles. The van der Waals surface area contributed by atoms with Gasteiger partial charge in [0.15, 0.2) is 0 Å². The Bertz CT molecular complexity index is 341. The highest BCUT2D eigenvalue weighted by Crippen LogP contribution is 2.20. The molecule has 0 aliphatic carbocycles. The molecule has 1 rings (SSSR count). The quantitative estimate of drug-likeness (QED) is 0.505. The van der Waals surface area contributed by atoms with Crippen LogP contribution in [0.2, 0.25) is 0 Å². The first-order valence-electron chi connectivity index (χ1n) is 5.61. The van der Waals surface area contributed by atoms with Gasteiger partial charge in [-0.1, -0.05) is 6.92 Å². The lowest BCUT2D eigenvalue weighted by molar-refractivity contribution is -0.118. The number of amides is 1. The molecule has 94 valence electrons. The Balaban J connectivity index is 2.17. The number of carbonyl (C=O) groups excluding carboxylic acids is 1. The van der Waals surface area contributed by atoms with E-state index >= 15 is 0 Å². The zero-order valence-corrected chi connectivity index (χ0v) is 10.7. The Morgan fingerprint density at radius 2 is 2.00 bits per heavy atom. The molecule has 4 nitrogen and oxygen atoms in total. The first-order chi connectivity index (χ1) is 8.22. The van der Waals surface area contributed by atoms with Gasteiger partial charge in [-0.25, -0.2) is 0 Å². The maximum atomic E-state index is 11.4. The Hall–Kier alpha value is -1.20. The molecule has 0 bridgehead atoms. The first kappa shape index (κ1) is 13.9. The third-order valence-corrected chi connectivity index (χ3v) is 3.09. The van der Waals surface area contributed by atoms with Crippen LogP contribution in [0.1, 0.15) is 6.92 Å². The van der Waals surface area contributed by atoms with Gasteiger partial charge in [-0.2, -0.15) is 0 Å². The number of rotatable bonds is 7. The van der Waals surface area contributed by atoms with Gasteiger partial charge in [0, 0.05) is 18.0 Å². The third-order valence-electron chi connectivity index (χ3n) is 2.08. The molecule has 0 saturated heterocycles. The number of benzene rings is 1. The van der Waals surface area contributed by atoms with Gasteiger partial charge in [0.1, 0.15) is 5.75 Å². The zero-order chi connectivity index (χ0) is 12.5. The largest absolute Gasteiger partial charge is 0.508 e. The van der Waals surface area contributed by atoms with Crippen LogP contribution in [-0.4, -0.2) is 36.4 Å². The predicted molar refractivity (Wildman–Crippen MR) is 70.4 cm³/mol. The van der Waals surface area contributed by atoms with Gasteiger partial charge < -0.3 is 15.7 Å². The smallest absolute Gasteiger partial charge is 0.230 e. The fourth-order valence-electron chi connectivity index (χ4n) is 1.21. The molecular formula is C12H18N2O2S. The fourth-order valence-corrected chi connectivity index (χ4v) is 1.94. The Kier molecular flexibility index (Phi) is 6.50. The van der Waals surface area contributed by atoms with Gasteiger partial charge in [-0.3, -0.25) is 4.79 Å². The van der Waals surface area contributed by atoms with Crippen LogP contribution in [0.3, 0.4) is 0 Å². The lowest BCUT2D eigenvalue weighted by Gasteiger charge is -2.05. The van der Waals surface area contributed by atoms with Crippen molar-refractivity contribution in [1.29, 1.82) is 0 Å². The van der Waals surface area contributed by atoms with Crippen molar-refractivity contribution in [3.8, 4) is 5.75 Å². The number of likely N-dealkylation sites (N-methyl/N-ethyl adjacent to an activating group) is 1. The standard InChI is InChI=1S/C12H18N2O2S/c1-2-13-7-8-14-12(16)9-17-11-5-3-10(15)4-6-11/h3-6,13,15H,2,7-9H2,1H3,(H,14,16). The second-order valence-corrected chi connectivity index (χ2v) is 4.53. The van der Waals surface area contributed by atoms with Crippen molar-refractivity contribution in [2.45, 2.75) is 11.8 Å². The number of phenols is 1. The van der Waals surface area contributed by atoms with E-state index in [9.17, 15) is 4.79 Å². The summed E-state index contributed by atoms with van der Waals surface area (Å²) in [6.45, 7) is 4.40. The lowest BCUT2D eigenvalue weighted by Crippen LogP contribution is -2.32. The summed E-state index contributed by atoms with van der Waals surface area (Å²) in [5.74, 6) is 0.669. The molecule has 1 aromatic rings.